The Morgan fingerprint density at radius 1 is 1.29 bits per heavy atom. The van der Waals surface area contributed by atoms with Gasteiger partial charge in [0.25, 0.3) is 0 Å². The van der Waals surface area contributed by atoms with Crippen molar-refractivity contribution >= 4 is 35.8 Å². The first-order valence-corrected chi connectivity index (χ1v) is 10.4. The van der Waals surface area contributed by atoms with Crippen LogP contribution in [0.1, 0.15) is 37.3 Å². The number of carbonyl (C=O) groups excluding carboxylic acids is 1. The number of benzene rings is 1. The molecule has 0 saturated carbocycles. The summed E-state index contributed by atoms with van der Waals surface area (Å²) >= 11 is 0. The van der Waals surface area contributed by atoms with Crippen LogP contribution in [0.2, 0.25) is 0 Å². The van der Waals surface area contributed by atoms with E-state index in [4.69, 9.17) is 0 Å². The number of guanidine groups is 1. The van der Waals surface area contributed by atoms with Crippen molar-refractivity contribution in [3.8, 4) is 0 Å². The van der Waals surface area contributed by atoms with Crippen molar-refractivity contribution in [3.05, 3.63) is 35.4 Å². The second kappa shape index (κ2) is 13.1. The minimum atomic E-state index is -4.36. The maximum atomic E-state index is 12.9. The number of nitrogens with one attached hydrogen (secondary N) is 2. The Labute approximate surface area is 199 Å². The first kappa shape index (κ1) is 27.5. The number of hydrogen-bond acceptors (Lipinski definition) is 3. The fourth-order valence-electron chi connectivity index (χ4n) is 3.52. The molecule has 1 aromatic rings. The SMILES string of the molecule is CCNC(=NCc1cccc(C(F)(F)F)c1)NCCCN1CCCC1C(=O)N(C)C.I. The van der Waals surface area contributed by atoms with Crippen LogP contribution >= 0.6 is 24.0 Å². The summed E-state index contributed by atoms with van der Waals surface area (Å²) in [6.07, 6.45) is -1.60. The number of halogens is 4. The van der Waals surface area contributed by atoms with E-state index in [-0.39, 0.29) is 42.5 Å². The van der Waals surface area contributed by atoms with E-state index in [2.05, 4.69) is 20.5 Å². The topological polar surface area (TPSA) is 60.0 Å². The van der Waals surface area contributed by atoms with Crippen molar-refractivity contribution < 1.29 is 18.0 Å². The molecule has 1 atom stereocenters. The van der Waals surface area contributed by atoms with Crippen molar-refractivity contribution in [3.63, 3.8) is 0 Å². The monoisotopic (exact) mass is 555 g/mol. The van der Waals surface area contributed by atoms with Crippen LogP contribution in [0.15, 0.2) is 29.3 Å². The zero-order valence-electron chi connectivity index (χ0n) is 18.3. The molecule has 1 unspecified atom stereocenters. The molecule has 176 valence electrons. The quantitative estimate of drug-likeness (QED) is 0.224. The van der Waals surface area contributed by atoms with Gasteiger partial charge in [-0.15, -0.1) is 24.0 Å². The van der Waals surface area contributed by atoms with Gasteiger partial charge in [0.05, 0.1) is 18.2 Å². The highest BCUT2D eigenvalue weighted by Crippen LogP contribution is 2.29. The minimum absolute atomic E-state index is 0. The molecular weight excluding hydrogens is 522 g/mol. The third kappa shape index (κ3) is 8.83. The zero-order valence-corrected chi connectivity index (χ0v) is 20.7. The van der Waals surface area contributed by atoms with Gasteiger partial charge in [-0.2, -0.15) is 13.2 Å². The van der Waals surface area contributed by atoms with Gasteiger partial charge in [0.2, 0.25) is 5.91 Å². The molecule has 1 amide bonds. The van der Waals surface area contributed by atoms with Crippen molar-refractivity contribution in [1.29, 1.82) is 0 Å². The Bertz CT molecular complexity index is 727. The highest BCUT2D eigenvalue weighted by atomic mass is 127. The van der Waals surface area contributed by atoms with E-state index in [1.807, 2.05) is 6.92 Å². The summed E-state index contributed by atoms with van der Waals surface area (Å²) in [4.78, 5) is 20.5. The van der Waals surface area contributed by atoms with E-state index in [1.165, 1.54) is 6.07 Å². The van der Waals surface area contributed by atoms with E-state index < -0.39 is 11.7 Å². The van der Waals surface area contributed by atoms with Gasteiger partial charge in [-0.25, -0.2) is 4.99 Å². The third-order valence-corrected chi connectivity index (χ3v) is 5.02. The number of alkyl halides is 3. The summed E-state index contributed by atoms with van der Waals surface area (Å²) in [5, 5.41) is 6.33. The van der Waals surface area contributed by atoms with Crippen LogP contribution in [-0.4, -0.2) is 68.0 Å². The van der Waals surface area contributed by atoms with Crippen molar-refractivity contribution in [1.82, 2.24) is 20.4 Å². The van der Waals surface area contributed by atoms with Gasteiger partial charge < -0.3 is 15.5 Å². The summed E-state index contributed by atoms with van der Waals surface area (Å²) in [6, 6.07) is 5.18. The van der Waals surface area contributed by atoms with E-state index >= 15 is 0 Å². The van der Waals surface area contributed by atoms with E-state index in [1.54, 1.807) is 25.1 Å². The molecule has 0 aliphatic carbocycles. The Hall–Kier alpha value is -1.56. The molecule has 2 rings (SSSR count). The molecule has 0 spiro atoms. The van der Waals surface area contributed by atoms with Gasteiger partial charge in [0.1, 0.15) is 0 Å². The first-order valence-electron chi connectivity index (χ1n) is 10.4. The number of hydrogen-bond donors (Lipinski definition) is 2. The van der Waals surface area contributed by atoms with Crippen molar-refractivity contribution in [2.45, 2.75) is 44.9 Å². The van der Waals surface area contributed by atoms with Gasteiger partial charge in [-0.1, -0.05) is 12.1 Å². The molecule has 1 heterocycles. The normalized spacial score (nSPS) is 17.2. The van der Waals surface area contributed by atoms with Crippen LogP contribution in [-0.2, 0) is 17.5 Å². The van der Waals surface area contributed by atoms with Crippen molar-refractivity contribution in [2.24, 2.45) is 4.99 Å². The predicted octanol–water partition coefficient (Wildman–Crippen LogP) is 3.32. The van der Waals surface area contributed by atoms with E-state index in [9.17, 15) is 18.0 Å². The number of rotatable bonds is 8. The number of carbonyl (C=O) groups is 1. The molecule has 1 fully saturated rings. The van der Waals surface area contributed by atoms with Gasteiger partial charge in [0.15, 0.2) is 5.96 Å². The third-order valence-electron chi connectivity index (χ3n) is 5.02. The Morgan fingerprint density at radius 2 is 2.03 bits per heavy atom. The van der Waals surface area contributed by atoms with Crippen LogP contribution in [0.3, 0.4) is 0 Å². The fraction of sp³-hybridized carbons (Fsp3) is 0.619. The second-order valence-electron chi connectivity index (χ2n) is 7.60. The molecule has 1 aliphatic heterocycles. The fourth-order valence-corrected chi connectivity index (χ4v) is 3.52. The smallest absolute Gasteiger partial charge is 0.357 e. The number of amides is 1. The van der Waals surface area contributed by atoms with Crippen LogP contribution in [0.4, 0.5) is 13.2 Å². The van der Waals surface area contributed by atoms with Crippen LogP contribution < -0.4 is 10.6 Å². The predicted molar refractivity (Wildman–Crippen MR) is 128 cm³/mol. The standard InChI is InChI=1S/C21H32F3N5O.HI/c1-4-25-20(27-15-16-8-5-9-17(14-16)21(22,23)24)26-11-7-13-29-12-6-10-18(29)19(30)28(2)3;/h5,8-9,14,18H,4,6-7,10-13,15H2,1-3H3,(H2,25,26,27);1H. The lowest BCUT2D eigenvalue weighted by atomic mass is 10.1. The average Bonchev–Trinajstić information content (AvgIpc) is 3.16. The number of likely N-dealkylation sites (tertiary alicyclic amines) is 1. The lowest BCUT2D eigenvalue weighted by molar-refractivity contribution is -0.137. The molecule has 1 saturated heterocycles. The minimum Gasteiger partial charge on any atom is -0.357 e. The van der Waals surface area contributed by atoms with Crippen LogP contribution in [0.5, 0.6) is 0 Å². The van der Waals surface area contributed by atoms with Crippen LogP contribution in [0, 0.1) is 0 Å². The van der Waals surface area contributed by atoms with Crippen molar-refractivity contribution in [2.75, 3.05) is 40.3 Å². The maximum Gasteiger partial charge on any atom is 0.416 e. The zero-order chi connectivity index (χ0) is 22.1. The lowest BCUT2D eigenvalue weighted by Gasteiger charge is -2.26. The molecule has 0 aromatic heterocycles. The molecule has 31 heavy (non-hydrogen) atoms. The summed E-state index contributed by atoms with van der Waals surface area (Å²) < 4.78 is 38.6. The highest BCUT2D eigenvalue weighted by Gasteiger charge is 2.31. The molecule has 6 nitrogen and oxygen atoms in total. The molecule has 2 N–H and O–H groups in total. The summed E-state index contributed by atoms with van der Waals surface area (Å²) in [5.74, 6) is 0.716. The Kier molecular flexibility index (Phi) is 11.6. The first-order chi connectivity index (χ1) is 14.2. The molecular formula is C21H33F3IN5O. The Balaban J connectivity index is 0.00000480. The summed E-state index contributed by atoms with van der Waals surface area (Å²) in [7, 11) is 3.56. The molecule has 10 heteroatoms. The van der Waals surface area contributed by atoms with Gasteiger partial charge in [-0.05, 0) is 50.4 Å². The summed E-state index contributed by atoms with van der Waals surface area (Å²) in [5.41, 5.74) is -0.162. The van der Waals surface area contributed by atoms with Gasteiger partial charge in [0, 0.05) is 33.7 Å². The summed E-state index contributed by atoms with van der Waals surface area (Å²) in [6.45, 7) is 5.14. The van der Waals surface area contributed by atoms with Gasteiger partial charge in [-0.3, -0.25) is 9.69 Å². The molecule has 0 radical (unpaired) electrons. The molecule has 1 aliphatic rings. The average molecular weight is 555 g/mol. The maximum absolute atomic E-state index is 12.9. The number of likely N-dealkylation sites (N-methyl/N-ethyl adjacent to an activating group) is 1. The van der Waals surface area contributed by atoms with Crippen LogP contribution in [0.25, 0.3) is 0 Å². The molecule has 0 bridgehead atoms. The van der Waals surface area contributed by atoms with Gasteiger partial charge >= 0.3 is 6.18 Å². The highest BCUT2D eigenvalue weighted by molar-refractivity contribution is 14.0. The van der Waals surface area contributed by atoms with E-state index in [0.717, 1.165) is 44.5 Å². The number of aliphatic imine (C=N–C) groups is 1. The lowest BCUT2D eigenvalue weighted by Crippen LogP contribution is -2.44. The molecule has 1 aromatic carbocycles. The van der Waals surface area contributed by atoms with E-state index in [0.29, 0.717) is 24.6 Å². The Morgan fingerprint density at radius 3 is 2.68 bits per heavy atom. The second-order valence-corrected chi connectivity index (χ2v) is 7.60. The number of nitrogens with zero attached hydrogens (tertiary/aromatic N) is 3. The largest absolute Gasteiger partial charge is 0.416 e.